The molecule has 0 radical (unpaired) electrons. The number of carbonyl (C=O) groups is 1. The van der Waals surface area contributed by atoms with Crippen molar-refractivity contribution in [1.82, 2.24) is 4.57 Å². The van der Waals surface area contributed by atoms with Crippen molar-refractivity contribution >= 4 is 22.9 Å². The number of fused-ring (bicyclic) bond motifs is 1. The van der Waals surface area contributed by atoms with E-state index in [1.165, 1.54) is 12.1 Å². The minimum atomic E-state index is -0.417. The number of hydrogen-bond donors (Lipinski definition) is 0. The van der Waals surface area contributed by atoms with Crippen molar-refractivity contribution in [1.29, 1.82) is 0 Å². The fourth-order valence-electron chi connectivity index (χ4n) is 2.44. The number of hydrogen-bond acceptors (Lipinski definition) is 3. The lowest BCUT2D eigenvalue weighted by atomic mass is 10.1. The first kappa shape index (κ1) is 13.1. The van der Waals surface area contributed by atoms with E-state index >= 15 is 0 Å². The van der Waals surface area contributed by atoms with Gasteiger partial charge in [-0.2, -0.15) is 0 Å². The predicted octanol–water partition coefficient (Wildman–Crippen LogP) is 3.41. The lowest BCUT2D eigenvalue weighted by Crippen LogP contribution is -2.00. The Morgan fingerprint density at radius 1 is 1.10 bits per heavy atom. The SMILES string of the molecule is O=Cc1cccc2ccn(Cc3ccc([N+](=O)[O-])cc3)c12. The van der Waals surface area contributed by atoms with E-state index in [4.69, 9.17) is 0 Å². The van der Waals surface area contributed by atoms with Gasteiger partial charge in [-0.15, -0.1) is 0 Å². The fraction of sp³-hybridized carbons (Fsp3) is 0.0625. The predicted molar refractivity (Wildman–Crippen MR) is 79.5 cm³/mol. The third kappa shape index (κ3) is 2.41. The molecule has 5 nitrogen and oxygen atoms in total. The molecular weight excluding hydrogens is 268 g/mol. The largest absolute Gasteiger partial charge is 0.342 e. The van der Waals surface area contributed by atoms with E-state index in [2.05, 4.69) is 0 Å². The Morgan fingerprint density at radius 2 is 1.86 bits per heavy atom. The van der Waals surface area contributed by atoms with Gasteiger partial charge in [-0.05, 0) is 17.7 Å². The van der Waals surface area contributed by atoms with Crippen LogP contribution in [0.1, 0.15) is 15.9 Å². The molecule has 104 valence electrons. The molecule has 0 aliphatic heterocycles. The molecule has 21 heavy (non-hydrogen) atoms. The second-order valence-corrected chi connectivity index (χ2v) is 4.77. The molecule has 0 saturated carbocycles. The highest BCUT2D eigenvalue weighted by Crippen LogP contribution is 2.21. The lowest BCUT2D eigenvalue weighted by Gasteiger charge is -2.07. The molecule has 3 rings (SSSR count). The average Bonchev–Trinajstić information content (AvgIpc) is 2.91. The Labute approximate surface area is 120 Å². The van der Waals surface area contributed by atoms with Crippen LogP contribution >= 0.6 is 0 Å². The number of para-hydroxylation sites is 1. The van der Waals surface area contributed by atoms with Crippen LogP contribution < -0.4 is 0 Å². The molecule has 0 N–H and O–H groups in total. The zero-order chi connectivity index (χ0) is 14.8. The first-order valence-corrected chi connectivity index (χ1v) is 6.45. The van der Waals surface area contributed by atoms with Gasteiger partial charge in [0.1, 0.15) is 0 Å². The summed E-state index contributed by atoms with van der Waals surface area (Å²) >= 11 is 0. The lowest BCUT2D eigenvalue weighted by molar-refractivity contribution is -0.384. The molecule has 1 heterocycles. The Balaban J connectivity index is 1.98. The van der Waals surface area contributed by atoms with Crippen molar-refractivity contribution in [2.45, 2.75) is 6.54 Å². The highest BCUT2D eigenvalue weighted by molar-refractivity contribution is 5.96. The standard InChI is InChI=1S/C16H12N2O3/c19-11-14-3-1-2-13-8-9-17(16(13)14)10-12-4-6-15(7-5-12)18(20)21/h1-9,11H,10H2. The Kier molecular flexibility index (Phi) is 3.23. The number of nitro benzene ring substituents is 1. The molecule has 0 aliphatic carbocycles. The van der Waals surface area contributed by atoms with E-state index in [-0.39, 0.29) is 5.69 Å². The van der Waals surface area contributed by atoms with Gasteiger partial charge >= 0.3 is 0 Å². The first-order chi connectivity index (χ1) is 10.2. The van der Waals surface area contributed by atoms with Crippen LogP contribution in [0.4, 0.5) is 5.69 Å². The highest BCUT2D eigenvalue weighted by Gasteiger charge is 2.08. The zero-order valence-corrected chi connectivity index (χ0v) is 11.1. The second-order valence-electron chi connectivity index (χ2n) is 4.77. The van der Waals surface area contributed by atoms with Crippen LogP contribution in [0.5, 0.6) is 0 Å². The van der Waals surface area contributed by atoms with Crippen LogP contribution in [0.15, 0.2) is 54.7 Å². The number of nitrogens with zero attached hydrogens (tertiary/aromatic N) is 2. The normalized spacial score (nSPS) is 10.7. The molecule has 0 amide bonds. The molecule has 0 bridgehead atoms. The zero-order valence-electron chi connectivity index (χ0n) is 11.1. The summed E-state index contributed by atoms with van der Waals surface area (Å²) in [6.45, 7) is 0.562. The molecule has 5 heteroatoms. The quantitative estimate of drug-likeness (QED) is 0.418. The van der Waals surface area contributed by atoms with E-state index in [9.17, 15) is 14.9 Å². The van der Waals surface area contributed by atoms with E-state index in [0.717, 1.165) is 22.8 Å². The summed E-state index contributed by atoms with van der Waals surface area (Å²) < 4.78 is 1.97. The number of benzene rings is 2. The molecule has 0 atom stereocenters. The van der Waals surface area contributed by atoms with E-state index < -0.39 is 4.92 Å². The number of aldehydes is 1. The van der Waals surface area contributed by atoms with E-state index in [1.54, 1.807) is 18.2 Å². The van der Waals surface area contributed by atoms with Crippen molar-refractivity contribution in [3.8, 4) is 0 Å². The maximum Gasteiger partial charge on any atom is 0.269 e. The highest BCUT2D eigenvalue weighted by atomic mass is 16.6. The third-order valence-electron chi connectivity index (χ3n) is 3.45. The summed E-state index contributed by atoms with van der Waals surface area (Å²) in [6, 6.07) is 14.0. The van der Waals surface area contributed by atoms with Crippen LogP contribution in [0, 0.1) is 10.1 Å². The number of rotatable bonds is 4. The van der Waals surface area contributed by atoms with Crippen molar-refractivity contribution < 1.29 is 9.72 Å². The molecule has 0 unspecified atom stereocenters. The van der Waals surface area contributed by atoms with Crippen molar-refractivity contribution in [3.05, 3.63) is 76.0 Å². The topological polar surface area (TPSA) is 65.1 Å². The Hall–Kier alpha value is -2.95. The molecule has 0 spiro atoms. The van der Waals surface area contributed by atoms with Gasteiger partial charge in [0.2, 0.25) is 0 Å². The molecule has 3 aromatic rings. The molecular formula is C16H12N2O3. The van der Waals surface area contributed by atoms with E-state index in [1.807, 2.05) is 29.0 Å². The van der Waals surface area contributed by atoms with Gasteiger partial charge in [0.15, 0.2) is 6.29 Å². The van der Waals surface area contributed by atoms with Crippen molar-refractivity contribution in [2.24, 2.45) is 0 Å². The monoisotopic (exact) mass is 280 g/mol. The Morgan fingerprint density at radius 3 is 2.52 bits per heavy atom. The second kappa shape index (κ2) is 5.20. The summed E-state index contributed by atoms with van der Waals surface area (Å²) in [4.78, 5) is 21.4. The summed E-state index contributed by atoms with van der Waals surface area (Å²) in [5.41, 5.74) is 2.54. The molecule has 0 saturated heterocycles. The molecule has 0 aliphatic rings. The number of non-ortho nitro benzene ring substituents is 1. The number of carbonyl (C=O) groups excluding carboxylic acids is 1. The van der Waals surface area contributed by atoms with Crippen LogP contribution in [0.25, 0.3) is 10.9 Å². The third-order valence-corrected chi connectivity index (χ3v) is 3.45. The van der Waals surface area contributed by atoms with Crippen LogP contribution in [0.2, 0.25) is 0 Å². The minimum Gasteiger partial charge on any atom is -0.342 e. The molecule has 2 aromatic carbocycles. The first-order valence-electron chi connectivity index (χ1n) is 6.45. The van der Waals surface area contributed by atoms with Crippen LogP contribution in [-0.2, 0) is 6.54 Å². The maximum absolute atomic E-state index is 11.2. The van der Waals surface area contributed by atoms with Crippen molar-refractivity contribution in [2.75, 3.05) is 0 Å². The molecule has 1 aromatic heterocycles. The van der Waals surface area contributed by atoms with Gasteiger partial charge in [0, 0.05) is 35.8 Å². The van der Waals surface area contributed by atoms with Crippen LogP contribution in [0.3, 0.4) is 0 Å². The minimum absolute atomic E-state index is 0.0738. The van der Waals surface area contributed by atoms with Crippen LogP contribution in [-0.4, -0.2) is 15.8 Å². The van der Waals surface area contributed by atoms with Gasteiger partial charge < -0.3 is 4.57 Å². The van der Waals surface area contributed by atoms with Gasteiger partial charge in [-0.25, -0.2) is 0 Å². The maximum atomic E-state index is 11.2. The smallest absolute Gasteiger partial charge is 0.269 e. The number of aromatic nitrogens is 1. The van der Waals surface area contributed by atoms with Crippen molar-refractivity contribution in [3.63, 3.8) is 0 Å². The Bertz CT molecular complexity index is 819. The fourth-order valence-corrected chi connectivity index (χ4v) is 2.44. The van der Waals surface area contributed by atoms with Gasteiger partial charge in [-0.1, -0.05) is 24.3 Å². The summed E-state index contributed by atoms with van der Waals surface area (Å²) in [5.74, 6) is 0. The number of nitro groups is 1. The van der Waals surface area contributed by atoms with Gasteiger partial charge in [0.05, 0.1) is 10.4 Å². The van der Waals surface area contributed by atoms with Gasteiger partial charge in [0.25, 0.3) is 5.69 Å². The average molecular weight is 280 g/mol. The summed E-state index contributed by atoms with van der Waals surface area (Å²) in [5, 5.41) is 11.7. The molecule has 0 fully saturated rings. The summed E-state index contributed by atoms with van der Waals surface area (Å²) in [7, 11) is 0. The summed E-state index contributed by atoms with van der Waals surface area (Å²) in [6.07, 6.45) is 2.76. The van der Waals surface area contributed by atoms with Gasteiger partial charge in [-0.3, -0.25) is 14.9 Å². The van der Waals surface area contributed by atoms with E-state index in [0.29, 0.717) is 12.1 Å².